The third-order valence-electron chi connectivity index (χ3n) is 1.21. The topological polar surface area (TPSA) is 12.0 Å². The zero-order valence-electron chi connectivity index (χ0n) is 7.57. The Morgan fingerprint density at radius 2 is 2.00 bits per heavy atom. The first-order valence-corrected chi connectivity index (χ1v) is 3.97. The highest BCUT2D eigenvalue weighted by Crippen LogP contribution is 1.88. The molecule has 1 N–H and O–H groups in total. The molecule has 0 atom stereocenters. The lowest BCUT2D eigenvalue weighted by Crippen LogP contribution is -2.19. The molecule has 10 heavy (non-hydrogen) atoms. The summed E-state index contributed by atoms with van der Waals surface area (Å²) in [6.07, 6.45) is 2.21. The van der Waals surface area contributed by atoms with Crippen molar-refractivity contribution in [2.75, 3.05) is 13.1 Å². The van der Waals surface area contributed by atoms with E-state index in [0.717, 1.165) is 19.0 Å². The molecular formula is C9H19N. The molecule has 0 aliphatic heterocycles. The smallest absolute Gasteiger partial charge is 0.0137 e. The first-order valence-electron chi connectivity index (χ1n) is 3.97. The van der Waals surface area contributed by atoms with E-state index < -0.39 is 0 Å². The predicted molar refractivity (Wildman–Crippen MR) is 47.1 cm³/mol. The minimum atomic E-state index is 0.755. The molecular weight excluding hydrogens is 122 g/mol. The lowest BCUT2D eigenvalue weighted by molar-refractivity contribution is 0.576. The molecule has 0 unspecified atom stereocenters. The molecule has 0 heterocycles. The molecule has 60 valence electrons. The van der Waals surface area contributed by atoms with E-state index in [0.29, 0.717) is 0 Å². The van der Waals surface area contributed by atoms with Gasteiger partial charge in [-0.3, -0.25) is 0 Å². The van der Waals surface area contributed by atoms with Gasteiger partial charge in [-0.15, -0.1) is 0 Å². The molecule has 0 saturated carbocycles. The largest absolute Gasteiger partial charge is 0.313 e. The monoisotopic (exact) mass is 141 g/mol. The molecule has 0 bridgehead atoms. The summed E-state index contributed by atoms with van der Waals surface area (Å²) >= 11 is 0. The predicted octanol–water partition coefficient (Wildman–Crippen LogP) is 2.20. The van der Waals surface area contributed by atoms with Gasteiger partial charge in [0.25, 0.3) is 0 Å². The summed E-state index contributed by atoms with van der Waals surface area (Å²) in [7, 11) is 0. The Bertz CT molecular complexity index is 99.3. The molecule has 0 aromatic rings. The summed E-state index contributed by atoms with van der Waals surface area (Å²) in [6, 6.07) is 0. The van der Waals surface area contributed by atoms with Crippen LogP contribution in [-0.4, -0.2) is 13.1 Å². The van der Waals surface area contributed by atoms with Crippen LogP contribution in [0.3, 0.4) is 0 Å². The maximum absolute atomic E-state index is 3.34. The lowest BCUT2D eigenvalue weighted by atomic mass is 10.2. The summed E-state index contributed by atoms with van der Waals surface area (Å²) < 4.78 is 0. The summed E-state index contributed by atoms with van der Waals surface area (Å²) in [5, 5.41) is 3.34. The molecule has 0 amide bonds. The number of nitrogens with one attached hydrogen (secondary N) is 1. The van der Waals surface area contributed by atoms with Crippen molar-refractivity contribution in [2.24, 2.45) is 5.92 Å². The molecule has 1 heteroatoms. The fourth-order valence-corrected chi connectivity index (χ4v) is 0.648. The zero-order chi connectivity index (χ0) is 7.98. The number of rotatable bonds is 4. The van der Waals surface area contributed by atoms with Gasteiger partial charge in [0.2, 0.25) is 0 Å². The Hall–Kier alpha value is -0.300. The Balaban J connectivity index is 3.13. The third-order valence-corrected chi connectivity index (χ3v) is 1.21. The summed E-state index contributed by atoms with van der Waals surface area (Å²) in [4.78, 5) is 0. The Morgan fingerprint density at radius 1 is 1.40 bits per heavy atom. The van der Waals surface area contributed by atoms with Crippen molar-refractivity contribution in [3.05, 3.63) is 11.6 Å². The average Bonchev–Trinajstić information content (AvgIpc) is 1.79. The SMILES string of the molecule is CC(C)=CCNCC(C)C. The molecule has 0 aromatic heterocycles. The molecule has 0 rings (SSSR count). The van der Waals surface area contributed by atoms with E-state index in [9.17, 15) is 0 Å². The minimum Gasteiger partial charge on any atom is -0.313 e. The van der Waals surface area contributed by atoms with Gasteiger partial charge in [0.15, 0.2) is 0 Å². The van der Waals surface area contributed by atoms with E-state index in [1.165, 1.54) is 5.57 Å². The van der Waals surface area contributed by atoms with Crippen LogP contribution in [0.15, 0.2) is 11.6 Å². The minimum absolute atomic E-state index is 0.755. The van der Waals surface area contributed by atoms with E-state index in [1.54, 1.807) is 0 Å². The van der Waals surface area contributed by atoms with Crippen LogP contribution in [-0.2, 0) is 0 Å². The van der Waals surface area contributed by atoms with Crippen LogP contribution in [0.25, 0.3) is 0 Å². The lowest BCUT2D eigenvalue weighted by Gasteiger charge is -2.03. The van der Waals surface area contributed by atoms with Gasteiger partial charge in [0, 0.05) is 6.54 Å². The quantitative estimate of drug-likeness (QED) is 0.467. The van der Waals surface area contributed by atoms with Crippen molar-refractivity contribution in [3.63, 3.8) is 0 Å². The van der Waals surface area contributed by atoms with Gasteiger partial charge in [-0.1, -0.05) is 25.5 Å². The maximum Gasteiger partial charge on any atom is 0.0137 e. The van der Waals surface area contributed by atoms with Crippen molar-refractivity contribution in [1.82, 2.24) is 5.32 Å². The highest BCUT2D eigenvalue weighted by Gasteiger charge is 1.89. The van der Waals surface area contributed by atoms with Crippen LogP contribution < -0.4 is 5.32 Å². The fourth-order valence-electron chi connectivity index (χ4n) is 0.648. The average molecular weight is 141 g/mol. The van der Waals surface area contributed by atoms with Gasteiger partial charge in [-0.2, -0.15) is 0 Å². The molecule has 0 spiro atoms. The molecule has 0 aromatic carbocycles. The van der Waals surface area contributed by atoms with E-state index in [4.69, 9.17) is 0 Å². The van der Waals surface area contributed by atoms with Crippen LogP contribution in [0.5, 0.6) is 0 Å². The number of hydrogen-bond donors (Lipinski definition) is 1. The van der Waals surface area contributed by atoms with Crippen LogP contribution in [0.1, 0.15) is 27.7 Å². The van der Waals surface area contributed by atoms with Crippen LogP contribution in [0, 0.1) is 5.92 Å². The summed E-state index contributed by atoms with van der Waals surface area (Å²) in [6.45, 7) is 10.8. The number of hydrogen-bond acceptors (Lipinski definition) is 1. The van der Waals surface area contributed by atoms with Gasteiger partial charge in [-0.25, -0.2) is 0 Å². The highest BCUT2D eigenvalue weighted by atomic mass is 14.8. The normalized spacial score (nSPS) is 10.1. The second-order valence-electron chi connectivity index (χ2n) is 3.33. The van der Waals surface area contributed by atoms with E-state index >= 15 is 0 Å². The van der Waals surface area contributed by atoms with Gasteiger partial charge < -0.3 is 5.32 Å². The van der Waals surface area contributed by atoms with Crippen LogP contribution in [0.2, 0.25) is 0 Å². The first kappa shape index (κ1) is 9.70. The van der Waals surface area contributed by atoms with E-state index in [1.807, 2.05) is 0 Å². The van der Waals surface area contributed by atoms with Crippen molar-refractivity contribution in [1.29, 1.82) is 0 Å². The maximum atomic E-state index is 3.34. The Kier molecular flexibility index (Phi) is 5.32. The molecule has 0 aliphatic carbocycles. The van der Waals surface area contributed by atoms with Crippen molar-refractivity contribution >= 4 is 0 Å². The first-order chi connectivity index (χ1) is 4.63. The van der Waals surface area contributed by atoms with Crippen LogP contribution in [0.4, 0.5) is 0 Å². The molecule has 0 aliphatic rings. The molecule has 1 nitrogen and oxygen atoms in total. The summed E-state index contributed by atoms with van der Waals surface area (Å²) in [5.41, 5.74) is 1.39. The summed E-state index contributed by atoms with van der Waals surface area (Å²) in [5.74, 6) is 0.755. The highest BCUT2D eigenvalue weighted by molar-refractivity contribution is 4.94. The van der Waals surface area contributed by atoms with Gasteiger partial charge in [0.05, 0.1) is 0 Å². The fraction of sp³-hybridized carbons (Fsp3) is 0.778. The Morgan fingerprint density at radius 3 is 2.40 bits per heavy atom. The van der Waals surface area contributed by atoms with Gasteiger partial charge in [-0.05, 0) is 26.3 Å². The molecule has 0 fully saturated rings. The van der Waals surface area contributed by atoms with Crippen molar-refractivity contribution in [3.8, 4) is 0 Å². The number of allylic oxidation sites excluding steroid dienone is 1. The van der Waals surface area contributed by atoms with E-state index in [2.05, 4.69) is 39.1 Å². The second kappa shape index (κ2) is 5.48. The van der Waals surface area contributed by atoms with Crippen molar-refractivity contribution in [2.45, 2.75) is 27.7 Å². The molecule has 0 saturated heterocycles. The third kappa shape index (κ3) is 7.70. The Labute approximate surface area is 64.5 Å². The molecule has 0 radical (unpaired) electrons. The van der Waals surface area contributed by atoms with E-state index in [-0.39, 0.29) is 0 Å². The van der Waals surface area contributed by atoms with Gasteiger partial charge >= 0.3 is 0 Å². The standard InChI is InChI=1S/C9H19N/c1-8(2)5-6-10-7-9(3)4/h5,9-10H,6-7H2,1-4H3. The zero-order valence-corrected chi connectivity index (χ0v) is 7.57. The van der Waals surface area contributed by atoms with Crippen LogP contribution >= 0.6 is 0 Å². The second-order valence-corrected chi connectivity index (χ2v) is 3.33. The van der Waals surface area contributed by atoms with Crippen molar-refractivity contribution < 1.29 is 0 Å². The van der Waals surface area contributed by atoms with Gasteiger partial charge in [0.1, 0.15) is 0 Å².